The topological polar surface area (TPSA) is 4.93 Å². The number of para-hydroxylation sites is 1. The van der Waals surface area contributed by atoms with Crippen molar-refractivity contribution in [1.82, 2.24) is 4.57 Å². The molecule has 1 aromatic heterocycles. The minimum Gasteiger partial charge on any atom is -0.310 e. The Morgan fingerprint density at radius 2 is 1.80 bits per heavy atom. The molecule has 102 valence electrons. The molecule has 20 heavy (non-hydrogen) atoms. The fourth-order valence-corrected chi connectivity index (χ4v) is 2.62. The summed E-state index contributed by atoms with van der Waals surface area (Å²) in [7, 11) is 0. The molecular weight excluding hydrogens is 242 g/mol. The van der Waals surface area contributed by atoms with Crippen LogP contribution in [-0.4, -0.2) is 4.57 Å². The van der Waals surface area contributed by atoms with E-state index < -0.39 is 0 Å². The largest absolute Gasteiger partial charge is 0.310 e. The summed E-state index contributed by atoms with van der Waals surface area (Å²) in [6.07, 6.45) is 9.22. The molecule has 0 unspecified atom stereocenters. The molecule has 0 aliphatic rings. The minimum atomic E-state index is 0.997. The van der Waals surface area contributed by atoms with E-state index in [0.29, 0.717) is 0 Å². The van der Waals surface area contributed by atoms with Gasteiger partial charge < -0.3 is 4.57 Å². The minimum absolute atomic E-state index is 0.997. The number of benzene rings is 1. The zero-order valence-corrected chi connectivity index (χ0v) is 12.3. The highest BCUT2D eigenvalue weighted by atomic mass is 15.0. The first-order valence-electron chi connectivity index (χ1n) is 7.00. The molecule has 0 bridgehead atoms. The Hall–Kier alpha value is -2.28. The number of rotatable bonds is 4. The second-order valence-electron chi connectivity index (χ2n) is 4.58. The summed E-state index contributed by atoms with van der Waals surface area (Å²) in [6, 6.07) is 10.4. The van der Waals surface area contributed by atoms with Crippen molar-refractivity contribution in [2.24, 2.45) is 0 Å². The average molecular weight is 263 g/mol. The third-order valence-electron chi connectivity index (χ3n) is 3.42. The molecule has 0 aliphatic carbocycles. The van der Waals surface area contributed by atoms with Crippen LogP contribution in [0.5, 0.6) is 0 Å². The zero-order valence-electron chi connectivity index (χ0n) is 12.3. The third-order valence-corrected chi connectivity index (χ3v) is 3.42. The summed E-state index contributed by atoms with van der Waals surface area (Å²) >= 11 is 0. The molecule has 0 atom stereocenters. The lowest BCUT2D eigenvalue weighted by atomic mass is 10.1. The van der Waals surface area contributed by atoms with Gasteiger partial charge in [0.2, 0.25) is 0 Å². The van der Waals surface area contributed by atoms with Crippen molar-refractivity contribution in [3.8, 4) is 5.69 Å². The van der Waals surface area contributed by atoms with Gasteiger partial charge in [-0.3, -0.25) is 0 Å². The van der Waals surface area contributed by atoms with Crippen LogP contribution in [0.15, 0.2) is 43.5 Å². The molecule has 0 amide bonds. The van der Waals surface area contributed by atoms with Crippen LogP contribution in [0.3, 0.4) is 0 Å². The molecule has 0 N–H and O–H groups in total. The van der Waals surface area contributed by atoms with Gasteiger partial charge in [-0.05, 0) is 31.6 Å². The molecule has 1 nitrogen and oxygen atoms in total. The van der Waals surface area contributed by atoms with E-state index >= 15 is 0 Å². The maximum Gasteiger partial charge on any atom is 0.0534 e. The first kappa shape index (κ1) is 14.1. The SMILES string of the molecule is C=Cc1c(C=C)n(-c2ccccc2)c(=C/C)/c1=C\CC. The normalized spacial score (nSPS) is 12.7. The van der Waals surface area contributed by atoms with Gasteiger partial charge in [0.15, 0.2) is 0 Å². The van der Waals surface area contributed by atoms with Gasteiger partial charge >= 0.3 is 0 Å². The third kappa shape index (κ3) is 2.27. The van der Waals surface area contributed by atoms with Crippen LogP contribution in [0.4, 0.5) is 0 Å². The van der Waals surface area contributed by atoms with Crippen LogP contribution in [0.25, 0.3) is 30.0 Å². The summed E-state index contributed by atoms with van der Waals surface area (Å²) in [5.74, 6) is 0. The van der Waals surface area contributed by atoms with Gasteiger partial charge in [-0.1, -0.05) is 56.5 Å². The van der Waals surface area contributed by atoms with Crippen molar-refractivity contribution in [2.45, 2.75) is 20.3 Å². The Morgan fingerprint density at radius 3 is 2.30 bits per heavy atom. The maximum atomic E-state index is 3.98. The Kier molecular flexibility index (Phi) is 4.41. The van der Waals surface area contributed by atoms with E-state index in [2.05, 4.69) is 68.0 Å². The van der Waals surface area contributed by atoms with Gasteiger partial charge in [-0.2, -0.15) is 0 Å². The average Bonchev–Trinajstić information content (AvgIpc) is 2.81. The molecule has 0 saturated heterocycles. The molecule has 2 aromatic rings. The lowest BCUT2D eigenvalue weighted by molar-refractivity contribution is 1.01. The van der Waals surface area contributed by atoms with Crippen molar-refractivity contribution >= 4 is 24.3 Å². The summed E-state index contributed by atoms with van der Waals surface area (Å²) in [6.45, 7) is 12.2. The second-order valence-corrected chi connectivity index (χ2v) is 4.58. The molecule has 0 saturated carbocycles. The van der Waals surface area contributed by atoms with Crippen LogP contribution < -0.4 is 10.6 Å². The van der Waals surface area contributed by atoms with Gasteiger partial charge in [0.05, 0.1) is 5.69 Å². The van der Waals surface area contributed by atoms with Crippen LogP contribution in [0.2, 0.25) is 0 Å². The number of hydrogen-bond acceptors (Lipinski definition) is 0. The van der Waals surface area contributed by atoms with Crippen molar-refractivity contribution < 1.29 is 0 Å². The molecule has 0 fully saturated rings. The molecule has 2 rings (SSSR count). The number of nitrogens with zero attached hydrogens (tertiary/aromatic N) is 1. The van der Waals surface area contributed by atoms with Crippen LogP contribution >= 0.6 is 0 Å². The lowest BCUT2D eigenvalue weighted by Crippen LogP contribution is -2.29. The van der Waals surface area contributed by atoms with Gasteiger partial charge in [0.25, 0.3) is 0 Å². The van der Waals surface area contributed by atoms with Crippen LogP contribution in [0.1, 0.15) is 31.5 Å². The first-order valence-corrected chi connectivity index (χ1v) is 7.00. The molecule has 1 heteroatoms. The molecule has 0 aliphatic heterocycles. The number of aromatic nitrogens is 1. The van der Waals surface area contributed by atoms with E-state index in [9.17, 15) is 0 Å². The van der Waals surface area contributed by atoms with Crippen molar-refractivity contribution in [1.29, 1.82) is 0 Å². The predicted molar refractivity (Wildman–Crippen MR) is 90.1 cm³/mol. The Labute approximate surface area is 120 Å². The maximum absolute atomic E-state index is 3.98. The monoisotopic (exact) mass is 263 g/mol. The highest BCUT2D eigenvalue weighted by Crippen LogP contribution is 2.13. The van der Waals surface area contributed by atoms with Crippen molar-refractivity contribution in [3.63, 3.8) is 0 Å². The van der Waals surface area contributed by atoms with Crippen LogP contribution in [-0.2, 0) is 0 Å². The lowest BCUT2D eigenvalue weighted by Gasteiger charge is -2.07. The molecule has 1 aromatic carbocycles. The zero-order chi connectivity index (χ0) is 14.5. The fraction of sp³-hybridized carbons (Fsp3) is 0.158. The van der Waals surface area contributed by atoms with E-state index in [0.717, 1.165) is 23.4 Å². The van der Waals surface area contributed by atoms with E-state index in [4.69, 9.17) is 0 Å². The summed E-state index contributed by atoms with van der Waals surface area (Å²) in [5, 5.41) is 2.44. The fourth-order valence-electron chi connectivity index (χ4n) is 2.62. The predicted octanol–water partition coefficient (Wildman–Crippen LogP) is 3.75. The summed E-state index contributed by atoms with van der Waals surface area (Å²) in [4.78, 5) is 0. The van der Waals surface area contributed by atoms with E-state index in [1.807, 2.05) is 18.2 Å². The van der Waals surface area contributed by atoms with E-state index in [1.165, 1.54) is 10.6 Å². The Morgan fingerprint density at radius 1 is 1.10 bits per heavy atom. The Balaban J connectivity index is 2.98. The van der Waals surface area contributed by atoms with E-state index in [1.54, 1.807) is 0 Å². The Bertz CT molecular complexity index is 730. The van der Waals surface area contributed by atoms with Gasteiger partial charge in [-0.25, -0.2) is 0 Å². The standard InChI is InChI=1S/C19H21N/c1-5-12-17-16(6-2)18(7-3)20(19(17)8-4)15-13-10-9-11-14-15/h6-14H,2-3,5H2,1,4H3/b17-12-,19-8+. The van der Waals surface area contributed by atoms with Crippen LogP contribution in [0, 0.1) is 0 Å². The smallest absolute Gasteiger partial charge is 0.0534 e. The quantitative estimate of drug-likeness (QED) is 0.791. The highest BCUT2D eigenvalue weighted by Gasteiger charge is 2.10. The highest BCUT2D eigenvalue weighted by molar-refractivity contribution is 5.66. The van der Waals surface area contributed by atoms with Gasteiger partial charge in [0.1, 0.15) is 0 Å². The molecule has 1 heterocycles. The van der Waals surface area contributed by atoms with Gasteiger partial charge in [0, 0.05) is 21.8 Å². The molecule has 0 spiro atoms. The summed E-state index contributed by atoms with van der Waals surface area (Å²) < 4.78 is 2.24. The van der Waals surface area contributed by atoms with Crippen molar-refractivity contribution in [3.05, 3.63) is 65.3 Å². The first-order chi connectivity index (χ1) is 9.78. The summed E-state index contributed by atoms with van der Waals surface area (Å²) in [5.41, 5.74) is 3.40. The molecule has 0 radical (unpaired) electrons. The molecular formula is C19H21N. The van der Waals surface area contributed by atoms with Crippen molar-refractivity contribution in [2.75, 3.05) is 0 Å². The number of hydrogen-bond donors (Lipinski definition) is 0. The second kappa shape index (κ2) is 6.25. The van der Waals surface area contributed by atoms with E-state index in [-0.39, 0.29) is 0 Å². The van der Waals surface area contributed by atoms with Gasteiger partial charge in [-0.15, -0.1) is 0 Å².